The Morgan fingerprint density at radius 3 is 2.61 bits per heavy atom. The predicted octanol–water partition coefficient (Wildman–Crippen LogP) is 3.55. The van der Waals surface area contributed by atoms with E-state index in [1.54, 1.807) is 25.3 Å². The third kappa shape index (κ3) is 4.50. The van der Waals surface area contributed by atoms with Crippen molar-refractivity contribution in [2.24, 2.45) is 0 Å². The Hall–Kier alpha value is -2.47. The Balaban J connectivity index is 1.98. The zero-order valence-corrected chi connectivity index (χ0v) is 13.4. The van der Waals surface area contributed by atoms with Crippen molar-refractivity contribution in [2.45, 2.75) is 0 Å². The molecule has 0 fully saturated rings. The number of anilines is 2. The normalized spacial score (nSPS) is 10.1. The number of halogens is 2. The number of benzene rings is 2. The Bertz CT molecular complexity index is 710. The summed E-state index contributed by atoms with van der Waals surface area (Å²) in [4.78, 5) is 12.0. The Morgan fingerprint density at radius 2 is 1.96 bits per heavy atom. The molecular formula is C16H16ClFN2O3. The molecule has 0 unspecified atom stereocenters. The van der Waals surface area contributed by atoms with E-state index < -0.39 is 5.82 Å². The van der Waals surface area contributed by atoms with Crippen molar-refractivity contribution >= 4 is 28.9 Å². The maximum Gasteiger partial charge on any atom is 0.243 e. The first kappa shape index (κ1) is 16.9. The van der Waals surface area contributed by atoms with Gasteiger partial charge in [0.25, 0.3) is 0 Å². The first-order valence-corrected chi connectivity index (χ1v) is 7.12. The largest absolute Gasteiger partial charge is 0.497 e. The van der Waals surface area contributed by atoms with Crippen molar-refractivity contribution in [3.8, 4) is 11.5 Å². The van der Waals surface area contributed by atoms with Gasteiger partial charge in [-0.1, -0.05) is 11.6 Å². The lowest BCUT2D eigenvalue weighted by Gasteiger charge is -2.12. The summed E-state index contributed by atoms with van der Waals surface area (Å²) in [5.41, 5.74) is 1.07. The van der Waals surface area contributed by atoms with E-state index in [0.717, 1.165) is 0 Å². The topological polar surface area (TPSA) is 59.6 Å². The van der Waals surface area contributed by atoms with Gasteiger partial charge in [0, 0.05) is 11.8 Å². The molecule has 0 saturated carbocycles. The van der Waals surface area contributed by atoms with Crippen LogP contribution in [0.25, 0.3) is 0 Å². The van der Waals surface area contributed by atoms with Gasteiger partial charge in [0.15, 0.2) is 0 Å². The molecule has 0 aliphatic rings. The van der Waals surface area contributed by atoms with E-state index in [2.05, 4.69) is 10.6 Å². The highest BCUT2D eigenvalue weighted by molar-refractivity contribution is 6.31. The molecule has 0 aliphatic heterocycles. The first-order chi connectivity index (χ1) is 11.0. The maximum atomic E-state index is 13.1. The quantitative estimate of drug-likeness (QED) is 0.845. The van der Waals surface area contributed by atoms with Crippen LogP contribution in [-0.2, 0) is 4.79 Å². The average molecular weight is 339 g/mol. The highest BCUT2D eigenvalue weighted by Gasteiger charge is 2.09. The summed E-state index contributed by atoms with van der Waals surface area (Å²) in [5, 5.41) is 5.58. The SMILES string of the molecule is COc1ccc(NC(=O)CNc2ccc(F)c(Cl)c2)c(OC)c1. The van der Waals surface area contributed by atoms with Gasteiger partial charge >= 0.3 is 0 Å². The molecular weight excluding hydrogens is 323 g/mol. The molecule has 0 atom stereocenters. The molecule has 0 aromatic heterocycles. The number of rotatable bonds is 6. The lowest BCUT2D eigenvalue weighted by molar-refractivity contribution is -0.114. The number of carbonyl (C=O) groups excluding carboxylic acids is 1. The lowest BCUT2D eigenvalue weighted by atomic mass is 10.2. The summed E-state index contributed by atoms with van der Waals surface area (Å²) >= 11 is 5.68. The van der Waals surface area contributed by atoms with E-state index in [1.165, 1.54) is 25.3 Å². The minimum absolute atomic E-state index is 0.00283. The third-order valence-corrected chi connectivity index (χ3v) is 3.35. The molecule has 122 valence electrons. The summed E-state index contributed by atoms with van der Waals surface area (Å²) in [6, 6.07) is 9.22. The molecule has 1 amide bonds. The van der Waals surface area contributed by atoms with Crippen molar-refractivity contribution in [3.05, 3.63) is 47.2 Å². The number of hydrogen-bond acceptors (Lipinski definition) is 4. The van der Waals surface area contributed by atoms with Crippen molar-refractivity contribution in [3.63, 3.8) is 0 Å². The number of hydrogen-bond donors (Lipinski definition) is 2. The summed E-state index contributed by atoms with van der Waals surface area (Å²) < 4.78 is 23.4. The predicted molar refractivity (Wildman–Crippen MR) is 88.1 cm³/mol. The molecule has 2 aromatic carbocycles. The van der Waals surface area contributed by atoms with Crippen LogP contribution in [0.1, 0.15) is 0 Å². The molecule has 0 heterocycles. The molecule has 2 N–H and O–H groups in total. The van der Waals surface area contributed by atoms with Crippen molar-refractivity contribution in [1.29, 1.82) is 0 Å². The van der Waals surface area contributed by atoms with E-state index in [0.29, 0.717) is 22.9 Å². The van der Waals surface area contributed by atoms with E-state index in [4.69, 9.17) is 21.1 Å². The van der Waals surface area contributed by atoms with Gasteiger partial charge in [-0.3, -0.25) is 4.79 Å². The van der Waals surface area contributed by atoms with E-state index in [9.17, 15) is 9.18 Å². The molecule has 23 heavy (non-hydrogen) atoms. The van der Waals surface area contributed by atoms with E-state index >= 15 is 0 Å². The molecule has 0 aliphatic carbocycles. The standard InChI is InChI=1S/C16H16ClFN2O3/c1-22-11-4-6-14(15(8-11)23-2)20-16(21)9-19-10-3-5-13(18)12(17)7-10/h3-8,19H,9H2,1-2H3,(H,20,21). The van der Waals surface area contributed by atoms with Crippen molar-refractivity contribution in [2.75, 3.05) is 31.4 Å². The Morgan fingerprint density at radius 1 is 1.17 bits per heavy atom. The second-order valence-corrected chi connectivity index (χ2v) is 5.00. The second kappa shape index (κ2) is 7.69. The minimum Gasteiger partial charge on any atom is -0.497 e. The van der Waals surface area contributed by atoms with Crippen molar-refractivity contribution < 1.29 is 18.7 Å². The number of carbonyl (C=O) groups is 1. The Kier molecular flexibility index (Phi) is 5.65. The average Bonchev–Trinajstić information content (AvgIpc) is 2.56. The number of methoxy groups -OCH3 is 2. The zero-order valence-electron chi connectivity index (χ0n) is 12.7. The second-order valence-electron chi connectivity index (χ2n) is 4.60. The minimum atomic E-state index is -0.510. The highest BCUT2D eigenvalue weighted by Crippen LogP contribution is 2.29. The molecule has 7 heteroatoms. The number of nitrogens with one attached hydrogen (secondary N) is 2. The molecule has 2 aromatic rings. The molecule has 5 nitrogen and oxygen atoms in total. The van der Waals surface area contributed by atoms with Crippen LogP contribution in [0.4, 0.5) is 15.8 Å². The van der Waals surface area contributed by atoms with E-state index in [1.807, 2.05) is 0 Å². The molecule has 0 spiro atoms. The van der Waals surface area contributed by atoms with E-state index in [-0.39, 0.29) is 17.5 Å². The van der Waals surface area contributed by atoms with Gasteiger partial charge in [0.1, 0.15) is 17.3 Å². The fraction of sp³-hybridized carbons (Fsp3) is 0.188. The van der Waals surface area contributed by atoms with Crippen LogP contribution < -0.4 is 20.1 Å². The molecule has 0 saturated heterocycles. The van der Waals surface area contributed by atoms with Crippen molar-refractivity contribution in [1.82, 2.24) is 0 Å². The molecule has 2 rings (SSSR count). The number of amides is 1. The van der Waals surface area contributed by atoms with Gasteiger partial charge in [0.2, 0.25) is 5.91 Å². The summed E-state index contributed by atoms with van der Waals surface area (Å²) in [6.07, 6.45) is 0. The monoisotopic (exact) mass is 338 g/mol. The van der Waals surface area contributed by atoms with Crippen LogP contribution in [0.3, 0.4) is 0 Å². The molecule has 0 bridgehead atoms. The highest BCUT2D eigenvalue weighted by atomic mass is 35.5. The fourth-order valence-electron chi connectivity index (χ4n) is 1.88. The van der Waals surface area contributed by atoms with Crippen LogP contribution in [0.5, 0.6) is 11.5 Å². The summed E-state index contributed by atoms with van der Waals surface area (Å²) in [5.74, 6) is 0.319. The summed E-state index contributed by atoms with van der Waals surface area (Å²) in [7, 11) is 3.05. The van der Waals surface area contributed by atoms with Crippen LogP contribution in [0.15, 0.2) is 36.4 Å². The van der Waals surface area contributed by atoms with Gasteiger partial charge in [-0.15, -0.1) is 0 Å². The van der Waals surface area contributed by atoms with Gasteiger partial charge in [-0.25, -0.2) is 4.39 Å². The third-order valence-electron chi connectivity index (χ3n) is 3.06. The van der Waals surface area contributed by atoms with Gasteiger partial charge < -0.3 is 20.1 Å². The van der Waals surface area contributed by atoms with Crippen LogP contribution in [-0.4, -0.2) is 26.7 Å². The fourth-order valence-corrected chi connectivity index (χ4v) is 2.07. The first-order valence-electron chi connectivity index (χ1n) is 6.74. The van der Waals surface area contributed by atoms with Crippen LogP contribution >= 0.6 is 11.6 Å². The van der Waals surface area contributed by atoms with Crippen LogP contribution in [0, 0.1) is 5.82 Å². The summed E-state index contributed by atoms with van der Waals surface area (Å²) in [6.45, 7) is -0.00283. The van der Waals surface area contributed by atoms with Gasteiger partial charge in [-0.2, -0.15) is 0 Å². The smallest absolute Gasteiger partial charge is 0.243 e. The van der Waals surface area contributed by atoms with Gasteiger partial charge in [0.05, 0.1) is 31.5 Å². The van der Waals surface area contributed by atoms with Gasteiger partial charge in [-0.05, 0) is 30.3 Å². The lowest BCUT2D eigenvalue weighted by Crippen LogP contribution is -2.22. The maximum absolute atomic E-state index is 13.1. The Labute approximate surface area is 138 Å². The van der Waals surface area contributed by atoms with Crippen LogP contribution in [0.2, 0.25) is 5.02 Å². The zero-order chi connectivity index (χ0) is 16.8. The number of ether oxygens (including phenoxy) is 2. The molecule has 0 radical (unpaired) electrons.